The van der Waals surface area contributed by atoms with Gasteiger partial charge in [0.05, 0.1) is 0 Å². The van der Waals surface area contributed by atoms with Crippen LogP contribution in [-0.4, -0.2) is 43.4 Å². The van der Waals surface area contributed by atoms with E-state index in [-0.39, 0.29) is 0 Å². The molecular formula is C23H25ClN4O. The number of halogens is 1. The Bertz CT molecular complexity index is 1000. The van der Waals surface area contributed by atoms with Crippen molar-refractivity contribution in [2.75, 3.05) is 38.2 Å². The summed E-state index contributed by atoms with van der Waals surface area (Å²) in [5, 5.41) is 4.09. The van der Waals surface area contributed by atoms with Gasteiger partial charge in [0.25, 0.3) is 0 Å². The Morgan fingerprint density at radius 1 is 1.14 bits per heavy atom. The molecule has 3 aromatic rings. The molecule has 29 heavy (non-hydrogen) atoms. The first-order chi connectivity index (χ1) is 14.0. The Kier molecular flexibility index (Phi) is 6.86. The van der Waals surface area contributed by atoms with Gasteiger partial charge in [0, 0.05) is 52.0 Å². The van der Waals surface area contributed by atoms with Gasteiger partial charge in [-0.2, -0.15) is 0 Å². The van der Waals surface area contributed by atoms with Crippen LogP contribution in [0.15, 0.2) is 54.9 Å². The van der Waals surface area contributed by atoms with Crippen LogP contribution in [0.1, 0.15) is 16.8 Å². The van der Waals surface area contributed by atoms with E-state index in [1.165, 1.54) is 0 Å². The van der Waals surface area contributed by atoms with Crippen molar-refractivity contribution >= 4 is 29.3 Å². The van der Waals surface area contributed by atoms with Gasteiger partial charge in [0.15, 0.2) is 6.29 Å². The number of nitrogens with zero attached hydrogens (tertiary/aromatic N) is 2. The molecule has 2 aromatic carbocycles. The number of pyridine rings is 1. The van der Waals surface area contributed by atoms with Crippen LogP contribution >= 0.6 is 11.6 Å². The van der Waals surface area contributed by atoms with Crippen molar-refractivity contribution in [2.24, 2.45) is 0 Å². The van der Waals surface area contributed by atoms with E-state index in [9.17, 15) is 4.79 Å². The van der Waals surface area contributed by atoms with Crippen molar-refractivity contribution in [3.05, 3.63) is 65.4 Å². The van der Waals surface area contributed by atoms with E-state index < -0.39 is 0 Å². The summed E-state index contributed by atoms with van der Waals surface area (Å²) in [6.07, 6.45) is 5.27. The molecule has 3 N–H and O–H groups in total. The second-order valence-electron chi connectivity index (χ2n) is 7.12. The highest BCUT2D eigenvalue weighted by atomic mass is 35.5. The van der Waals surface area contributed by atoms with Crippen LogP contribution in [0.3, 0.4) is 0 Å². The number of hydrogen-bond acceptors (Lipinski definition) is 5. The molecular weight excluding hydrogens is 384 g/mol. The molecule has 0 radical (unpaired) electrons. The third kappa shape index (κ3) is 4.94. The molecule has 1 aromatic heterocycles. The quantitative estimate of drug-likeness (QED) is 0.412. The zero-order valence-corrected chi connectivity index (χ0v) is 17.4. The van der Waals surface area contributed by atoms with Crippen molar-refractivity contribution in [1.82, 2.24) is 9.88 Å². The molecule has 0 bridgehead atoms. The van der Waals surface area contributed by atoms with Crippen molar-refractivity contribution in [3.8, 4) is 22.3 Å². The van der Waals surface area contributed by atoms with E-state index >= 15 is 0 Å². The van der Waals surface area contributed by atoms with Crippen LogP contribution in [0.25, 0.3) is 22.3 Å². The predicted molar refractivity (Wildman–Crippen MR) is 122 cm³/mol. The Morgan fingerprint density at radius 2 is 1.97 bits per heavy atom. The highest BCUT2D eigenvalue weighted by molar-refractivity contribution is 6.31. The van der Waals surface area contributed by atoms with Gasteiger partial charge in [-0.25, -0.2) is 0 Å². The summed E-state index contributed by atoms with van der Waals surface area (Å²) in [5.41, 5.74) is 11.8. The molecule has 0 aliphatic carbocycles. The maximum Gasteiger partial charge on any atom is 0.150 e. The number of carbonyl (C=O) groups is 1. The molecule has 0 saturated heterocycles. The molecule has 1 heterocycles. The summed E-state index contributed by atoms with van der Waals surface area (Å²) in [6.45, 7) is 1.80. The third-order valence-corrected chi connectivity index (χ3v) is 4.95. The van der Waals surface area contributed by atoms with Gasteiger partial charge in [-0.15, -0.1) is 0 Å². The summed E-state index contributed by atoms with van der Waals surface area (Å²) in [5.74, 6) is 0. The van der Waals surface area contributed by atoms with Crippen LogP contribution in [0.2, 0.25) is 5.02 Å². The number of rotatable bonds is 8. The summed E-state index contributed by atoms with van der Waals surface area (Å²) in [4.78, 5) is 18.1. The predicted octanol–water partition coefficient (Wildman–Crippen LogP) is 4.83. The van der Waals surface area contributed by atoms with Crippen molar-refractivity contribution in [1.29, 1.82) is 0 Å². The van der Waals surface area contributed by atoms with E-state index in [0.717, 1.165) is 53.7 Å². The number of nitrogens with two attached hydrogens (primary N) is 1. The first-order valence-corrected chi connectivity index (χ1v) is 9.85. The highest BCUT2D eigenvalue weighted by Crippen LogP contribution is 2.41. The fourth-order valence-electron chi connectivity index (χ4n) is 3.31. The van der Waals surface area contributed by atoms with E-state index in [2.05, 4.69) is 29.3 Å². The lowest BCUT2D eigenvalue weighted by atomic mass is 9.90. The number of nitrogens with one attached hydrogen (secondary N) is 1. The SMILES string of the molecule is CN(C)CCCNc1cccc(-c2cc(Cl)ccc2C=O)c1-c1cnccc1N. The van der Waals surface area contributed by atoms with Gasteiger partial charge in [0.1, 0.15) is 0 Å². The van der Waals surface area contributed by atoms with Crippen LogP contribution < -0.4 is 11.1 Å². The topological polar surface area (TPSA) is 71.2 Å². The van der Waals surface area contributed by atoms with Gasteiger partial charge >= 0.3 is 0 Å². The smallest absolute Gasteiger partial charge is 0.150 e. The largest absolute Gasteiger partial charge is 0.398 e. The number of anilines is 2. The van der Waals surface area contributed by atoms with Crippen molar-refractivity contribution < 1.29 is 4.79 Å². The minimum atomic E-state index is 0.569. The van der Waals surface area contributed by atoms with E-state index in [1.54, 1.807) is 30.6 Å². The minimum Gasteiger partial charge on any atom is -0.398 e. The average Bonchev–Trinajstić information content (AvgIpc) is 2.71. The van der Waals surface area contributed by atoms with E-state index in [1.807, 2.05) is 24.3 Å². The third-order valence-electron chi connectivity index (χ3n) is 4.72. The zero-order chi connectivity index (χ0) is 20.8. The molecule has 0 spiro atoms. The lowest BCUT2D eigenvalue weighted by molar-refractivity contribution is 0.112. The maximum atomic E-state index is 11.7. The molecule has 5 nitrogen and oxygen atoms in total. The summed E-state index contributed by atoms with van der Waals surface area (Å²) in [6, 6.07) is 13.0. The summed E-state index contributed by atoms with van der Waals surface area (Å²) >= 11 is 6.25. The molecule has 0 amide bonds. The molecule has 0 atom stereocenters. The van der Waals surface area contributed by atoms with Gasteiger partial charge in [-0.1, -0.05) is 23.7 Å². The second-order valence-corrected chi connectivity index (χ2v) is 7.56. The zero-order valence-electron chi connectivity index (χ0n) is 16.7. The number of nitrogen functional groups attached to an aromatic ring is 1. The highest BCUT2D eigenvalue weighted by Gasteiger charge is 2.17. The Hall–Kier alpha value is -2.89. The number of benzene rings is 2. The van der Waals surface area contributed by atoms with Crippen molar-refractivity contribution in [3.63, 3.8) is 0 Å². The number of hydrogen-bond donors (Lipinski definition) is 2. The van der Waals surface area contributed by atoms with Gasteiger partial charge in [0.2, 0.25) is 0 Å². The first-order valence-electron chi connectivity index (χ1n) is 9.48. The molecule has 3 rings (SSSR count). The average molecular weight is 409 g/mol. The number of aromatic nitrogens is 1. The van der Waals surface area contributed by atoms with Crippen LogP contribution in [0, 0.1) is 0 Å². The monoisotopic (exact) mass is 408 g/mol. The lowest BCUT2D eigenvalue weighted by Crippen LogP contribution is -2.16. The molecule has 0 aliphatic rings. The molecule has 0 saturated carbocycles. The van der Waals surface area contributed by atoms with E-state index in [0.29, 0.717) is 16.3 Å². The lowest BCUT2D eigenvalue weighted by Gasteiger charge is -2.19. The van der Waals surface area contributed by atoms with Crippen LogP contribution in [0.4, 0.5) is 11.4 Å². The summed E-state index contributed by atoms with van der Waals surface area (Å²) < 4.78 is 0. The molecule has 0 fully saturated rings. The van der Waals surface area contributed by atoms with Gasteiger partial charge < -0.3 is 16.0 Å². The molecule has 150 valence electrons. The Morgan fingerprint density at radius 3 is 2.69 bits per heavy atom. The van der Waals surface area contributed by atoms with Gasteiger partial charge in [-0.05, 0) is 68.5 Å². The second kappa shape index (κ2) is 9.54. The number of carbonyl (C=O) groups excluding carboxylic acids is 1. The van der Waals surface area contributed by atoms with Crippen LogP contribution in [-0.2, 0) is 0 Å². The Labute approximate surface area is 176 Å². The van der Waals surface area contributed by atoms with Gasteiger partial charge in [-0.3, -0.25) is 9.78 Å². The first kappa shape index (κ1) is 20.8. The molecule has 6 heteroatoms. The maximum absolute atomic E-state index is 11.7. The normalized spacial score (nSPS) is 10.9. The molecule has 0 aliphatic heterocycles. The number of aldehydes is 1. The standard InChI is InChI=1S/C23H25ClN4O/c1-28(2)12-4-10-27-22-6-3-5-18(19-13-17(24)8-7-16(19)15-29)23(22)20-14-26-11-9-21(20)25/h3,5-9,11,13-15,27H,4,10,12H2,1-2H3,(H2,25,26). The molecule has 0 unspecified atom stereocenters. The fraction of sp³-hybridized carbons (Fsp3) is 0.217. The Balaban J connectivity index is 2.14. The summed E-state index contributed by atoms with van der Waals surface area (Å²) in [7, 11) is 4.12. The van der Waals surface area contributed by atoms with Crippen molar-refractivity contribution in [2.45, 2.75) is 6.42 Å². The minimum absolute atomic E-state index is 0.569. The van der Waals surface area contributed by atoms with E-state index in [4.69, 9.17) is 17.3 Å². The van der Waals surface area contributed by atoms with Crippen LogP contribution in [0.5, 0.6) is 0 Å². The fourth-order valence-corrected chi connectivity index (χ4v) is 3.48.